The molecule has 18 heavy (non-hydrogen) atoms. The van der Waals surface area contributed by atoms with Gasteiger partial charge in [0.25, 0.3) is 0 Å². The zero-order valence-electron chi connectivity index (χ0n) is 10.5. The van der Waals surface area contributed by atoms with Crippen LogP contribution in [0.4, 0.5) is 11.8 Å². The van der Waals surface area contributed by atoms with Gasteiger partial charge in [-0.3, -0.25) is 0 Å². The monoisotopic (exact) mass is 314 g/mol. The van der Waals surface area contributed by atoms with E-state index in [4.69, 9.17) is 0 Å². The van der Waals surface area contributed by atoms with Crippen LogP contribution in [0.25, 0.3) is 0 Å². The molecule has 0 aliphatic heterocycles. The van der Waals surface area contributed by atoms with Crippen molar-refractivity contribution in [3.63, 3.8) is 0 Å². The summed E-state index contributed by atoms with van der Waals surface area (Å²) in [6.07, 6.45) is 5.64. The number of aliphatic hydroxyl groups excluding tert-OH is 1. The van der Waals surface area contributed by atoms with Crippen molar-refractivity contribution in [2.24, 2.45) is 5.92 Å². The van der Waals surface area contributed by atoms with E-state index in [-0.39, 0.29) is 6.10 Å². The molecule has 0 amide bonds. The van der Waals surface area contributed by atoms with Crippen LogP contribution >= 0.6 is 15.9 Å². The molecule has 6 heteroatoms. The van der Waals surface area contributed by atoms with E-state index < -0.39 is 0 Å². The van der Waals surface area contributed by atoms with E-state index in [1.54, 1.807) is 13.2 Å². The van der Waals surface area contributed by atoms with E-state index in [0.29, 0.717) is 11.9 Å². The normalized spacial score (nSPS) is 23.7. The van der Waals surface area contributed by atoms with Crippen molar-refractivity contribution < 1.29 is 5.11 Å². The molecule has 2 rings (SSSR count). The van der Waals surface area contributed by atoms with E-state index >= 15 is 0 Å². The van der Waals surface area contributed by atoms with Crippen LogP contribution in [0.15, 0.2) is 10.7 Å². The molecule has 0 spiro atoms. The highest BCUT2D eigenvalue weighted by atomic mass is 79.9. The van der Waals surface area contributed by atoms with Gasteiger partial charge in [-0.15, -0.1) is 0 Å². The minimum atomic E-state index is -0.0945. The molecular formula is C12H19BrN4O. The van der Waals surface area contributed by atoms with E-state index in [0.717, 1.165) is 42.5 Å². The highest BCUT2D eigenvalue weighted by Gasteiger charge is 2.19. The molecule has 1 aromatic rings. The highest BCUT2D eigenvalue weighted by Crippen LogP contribution is 2.26. The summed E-state index contributed by atoms with van der Waals surface area (Å²) in [4.78, 5) is 8.48. The topological polar surface area (TPSA) is 70.1 Å². The van der Waals surface area contributed by atoms with Gasteiger partial charge in [0, 0.05) is 19.8 Å². The zero-order valence-corrected chi connectivity index (χ0v) is 12.1. The minimum absolute atomic E-state index is 0.0945. The van der Waals surface area contributed by atoms with Crippen molar-refractivity contribution in [3.05, 3.63) is 10.7 Å². The molecule has 5 nitrogen and oxygen atoms in total. The summed E-state index contributed by atoms with van der Waals surface area (Å²) in [5.74, 6) is 2.05. The SMILES string of the molecule is CNc1ncc(Br)c(NCC2CCC(O)CC2)n1. The molecule has 1 aliphatic carbocycles. The quantitative estimate of drug-likeness (QED) is 0.795. The lowest BCUT2D eigenvalue weighted by molar-refractivity contribution is 0.111. The number of anilines is 2. The van der Waals surface area contributed by atoms with Crippen LogP contribution in [0.3, 0.4) is 0 Å². The Morgan fingerprint density at radius 1 is 1.39 bits per heavy atom. The van der Waals surface area contributed by atoms with Crippen LogP contribution in [0.1, 0.15) is 25.7 Å². The van der Waals surface area contributed by atoms with Crippen molar-refractivity contribution in [1.29, 1.82) is 0 Å². The van der Waals surface area contributed by atoms with Gasteiger partial charge in [-0.25, -0.2) is 4.98 Å². The lowest BCUT2D eigenvalue weighted by Gasteiger charge is -2.25. The molecule has 0 unspecified atom stereocenters. The summed E-state index contributed by atoms with van der Waals surface area (Å²) in [6.45, 7) is 0.894. The number of aliphatic hydroxyl groups is 1. The standard InChI is InChI=1S/C12H19BrN4O/c1-14-12-16-7-10(13)11(17-12)15-6-8-2-4-9(18)5-3-8/h7-9,18H,2-6H2,1H3,(H2,14,15,16,17). The van der Waals surface area contributed by atoms with Gasteiger partial charge in [0.1, 0.15) is 5.82 Å². The maximum Gasteiger partial charge on any atom is 0.224 e. The number of nitrogens with one attached hydrogen (secondary N) is 2. The molecule has 3 N–H and O–H groups in total. The lowest BCUT2D eigenvalue weighted by atomic mass is 9.87. The second-order valence-corrected chi connectivity index (χ2v) is 5.55. The fourth-order valence-electron chi connectivity index (χ4n) is 2.20. The van der Waals surface area contributed by atoms with Crippen molar-refractivity contribution >= 4 is 27.7 Å². The molecule has 0 radical (unpaired) electrons. The molecule has 1 saturated carbocycles. The zero-order chi connectivity index (χ0) is 13.0. The molecule has 0 atom stereocenters. The fourth-order valence-corrected chi connectivity index (χ4v) is 2.53. The van der Waals surface area contributed by atoms with Crippen LogP contribution < -0.4 is 10.6 Å². The predicted molar refractivity (Wildman–Crippen MR) is 75.7 cm³/mol. The van der Waals surface area contributed by atoms with E-state index in [1.165, 1.54) is 0 Å². The van der Waals surface area contributed by atoms with Crippen molar-refractivity contribution in [1.82, 2.24) is 9.97 Å². The molecule has 1 aromatic heterocycles. The number of rotatable bonds is 4. The number of nitrogens with zero attached hydrogens (tertiary/aromatic N) is 2. The maximum absolute atomic E-state index is 9.47. The first-order valence-corrected chi connectivity index (χ1v) is 7.10. The summed E-state index contributed by atoms with van der Waals surface area (Å²) >= 11 is 3.44. The third-order valence-corrected chi connectivity index (χ3v) is 3.92. The van der Waals surface area contributed by atoms with Crippen LogP contribution in [0.5, 0.6) is 0 Å². The predicted octanol–water partition coefficient (Wildman–Crippen LogP) is 2.24. The average Bonchev–Trinajstić information content (AvgIpc) is 2.40. The molecule has 1 heterocycles. The van der Waals surface area contributed by atoms with E-state index in [9.17, 15) is 5.11 Å². The molecule has 1 fully saturated rings. The Morgan fingerprint density at radius 3 is 2.78 bits per heavy atom. The summed E-state index contributed by atoms with van der Waals surface area (Å²) < 4.78 is 0.873. The largest absolute Gasteiger partial charge is 0.393 e. The minimum Gasteiger partial charge on any atom is -0.393 e. The molecule has 100 valence electrons. The second kappa shape index (κ2) is 6.33. The molecular weight excluding hydrogens is 296 g/mol. The Hall–Kier alpha value is -0.880. The third-order valence-electron chi connectivity index (χ3n) is 3.34. The lowest BCUT2D eigenvalue weighted by Crippen LogP contribution is -2.24. The van der Waals surface area contributed by atoms with Gasteiger partial charge in [-0.2, -0.15) is 4.98 Å². The van der Waals surface area contributed by atoms with Crippen molar-refractivity contribution in [2.75, 3.05) is 24.2 Å². The Labute approximate surface area is 116 Å². The van der Waals surface area contributed by atoms with Crippen LogP contribution in [-0.4, -0.2) is 34.8 Å². The Morgan fingerprint density at radius 2 is 2.11 bits per heavy atom. The maximum atomic E-state index is 9.47. The first-order chi connectivity index (χ1) is 8.69. The van der Waals surface area contributed by atoms with Gasteiger partial charge in [0.05, 0.1) is 10.6 Å². The van der Waals surface area contributed by atoms with Crippen LogP contribution in [0, 0.1) is 5.92 Å². The van der Waals surface area contributed by atoms with Gasteiger partial charge in [0.2, 0.25) is 5.95 Å². The van der Waals surface area contributed by atoms with Crippen LogP contribution in [0.2, 0.25) is 0 Å². The number of halogens is 1. The summed E-state index contributed by atoms with van der Waals surface area (Å²) in [5, 5.41) is 15.7. The number of hydrogen-bond donors (Lipinski definition) is 3. The summed E-state index contributed by atoms with van der Waals surface area (Å²) in [7, 11) is 1.80. The Kier molecular flexibility index (Phi) is 4.77. The van der Waals surface area contributed by atoms with Crippen molar-refractivity contribution in [2.45, 2.75) is 31.8 Å². The third kappa shape index (κ3) is 3.55. The fraction of sp³-hybridized carbons (Fsp3) is 0.667. The molecule has 0 saturated heterocycles. The summed E-state index contributed by atoms with van der Waals surface area (Å²) in [5.41, 5.74) is 0. The first-order valence-electron chi connectivity index (χ1n) is 6.31. The first kappa shape index (κ1) is 13.5. The molecule has 1 aliphatic rings. The number of aromatic nitrogens is 2. The van der Waals surface area contributed by atoms with Gasteiger partial charge in [0.15, 0.2) is 0 Å². The highest BCUT2D eigenvalue weighted by molar-refractivity contribution is 9.10. The second-order valence-electron chi connectivity index (χ2n) is 4.70. The van der Waals surface area contributed by atoms with Gasteiger partial charge < -0.3 is 15.7 Å². The van der Waals surface area contributed by atoms with Crippen molar-refractivity contribution in [3.8, 4) is 0 Å². The smallest absolute Gasteiger partial charge is 0.224 e. The molecule has 0 bridgehead atoms. The van der Waals surface area contributed by atoms with E-state index in [1.807, 2.05) is 0 Å². The van der Waals surface area contributed by atoms with Gasteiger partial charge in [-0.05, 0) is 47.5 Å². The molecule has 0 aromatic carbocycles. The van der Waals surface area contributed by atoms with Gasteiger partial charge in [-0.1, -0.05) is 0 Å². The number of hydrogen-bond acceptors (Lipinski definition) is 5. The Balaban J connectivity index is 1.89. The van der Waals surface area contributed by atoms with E-state index in [2.05, 4.69) is 36.5 Å². The summed E-state index contributed by atoms with van der Waals surface area (Å²) in [6, 6.07) is 0. The van der Waals surface area contributed by atoms with Crippen LogP contribution in [-0.2, 0) is 0 Å². The average molecular weight is 315 g/mol. The Bertz CT molecular complexity index is 394. The van der Waals surface area contributed by atoms with Gasteiger partial charge >= 0.3 is 0 Å².